The van der Waals surface area contributed by atoms with Gasteiger partial charge < -0.3 is 19.5 Å². The largest absolute Gasteiger partial charge is 0.456 e. The summed E-state index contributed by atoms with van der Waals surface area (Å²) < 4.78 is 10.6. The molecule has 2 N–H and O–H groups in total. The summed E-state index contributed by atoms with van der Waals surface area (Å²) >= 11 is 1.11. The number of nitrogens with one attached hydrogen (secondary N) is 2. The summed E-state index contributed by atoms with van der Waals surface area (Å²) in [5, 5.41) is 12.7. The maximum absolute atomic E-state index is 12.9. The molecule has 1 aliphatic heterocycles. The molecule has 1 aromatic carbocycles. The minimum absolute atomic E-state index is 0.0188. The third kappa shape index (κ3) is 5.59. The number of carbonyl (C=O) groups is 2. The number of ether oxygens (including phenoxy) is 1. The Bertz CT molecular complexity index is 1510. The Morgan fingerprint density at radius 3 is 2.74 bits per heavy atom. The Hall–Kier alpha value is -4.06. The van der Waals surface area contributed by atoms with Gasteiger partial charge in [-0.3, -0.25) is 5.32 Å². The summed E-state index contributed by atoms with van der Waals surface area (Å²) in [6.07, 6.45) is 2.52. The van der Waals surface area contributed by atoms with Crippen molar-refractivity contribution in [3.8, 4) is 11.4 Å². The Balaban J connectivity index is 1.25. The maximum Gasteiger partial charge on any atom is 0.350 e. The number of esters is 1. The van der Waals surface area contributed by atoms with Crippen LogP contribution in [-0.2, 0) is 4.74 Å². The molecule has 1 atom stereocenters. The zero-order valence-corrected chi connectivity index (χ0v) is 22.7. The average molecular weight is 536 g/mol. The number of rotatable bonds is 5. The molecule has 0 saturated carbocycles. The number of aromatic nitrogens is 4. The highest BCUT2D eigenvalue weighted by atomic mass is 32.1. The number of aryl methyl sites for hydroxylation is 2. The zero-order chi connectivity index (χ0) is 27.0. The molecule has 11 nitrogen and oxygen atoms in total. The third-order valence-corrected chi connectivity index (χ3v) is 7.02. The van der Waals surface area contributed by atoms with E-state index in [2.05, 4.69) is 30.7 Å². The first kappa shape index (κ1) is 25.6. The molecule has 198 valence electrons. The number of fused-ring (bicyclic) bond motifs is 1. The molecule has 0 unspecified atom stereocenters. The molecule has 38 heavy (non-hydrogen) atoms. The van der Waals surface area contributed by atoms with Gasteiger partial charge in [0.2, 0.25) is 11.7 Å². The lowest BCUT2D eigenvalue weighted by Gasteiger charge is -2.18. The molecule has 0 radical (unpaired) electrons. The van der Waals surface area contributed by atoms with Gasteiger partial charge in [0.05, 0.1) is 5.69 Å². The summed E-state index contributed by atoms with van der Waals surface area (Å²) in [6.45, 7) is 9.98. The maximum atomic E-state index is 12.9. The molecule has 5 rings (SSSR count). The van der Waals surface area contributed by atoms with E-state index in [1.807, 2.05) is 45.0 Å². The average Bonchev–Trinajstić information content (AvgIpc) is 3.58. The van der Waals surface area contributed by atoms with Crippen LogP contribution >= 0.6 is 11.3 Å². The standard InChI is InChI=1S/C26H29N7O4S/c1-14-20(23(34)36-26(3,4)5)38-24(28-14)31-25(35)33-11-9-18(13-33)30-22-19-12-17(21-29-15(2)37-32-21)7-6-16(19)8-10-27-22/h6-8,10,12,18H,9,11,13H2,1-5H3,(H,27,30)(H,28,31,35)/t18-/m0/s1. The van der Waals surface area contributed by atoms with E-state index in [0.29, 0.717) is 40.5 Å². The predicted octanol–water partition coefficient (Wildman–Crippen LogP) is 5.03. The molecule has 4 aromatic rings. The lowest BCUT2D eigenvalue weighted by Crippen LogP contribution is -2.35. The quantitative estimate of drug-likeness (QED) is 0.337. The van der Waals surface area contributed by atoms with Crippen LogP contribution in [0, 0.1) is 13.8 Å². The minimum atomic E-state index is -0.610. The van der Waals surface area contributed by atoms with Crippen LogP contribution in [0.4, 0.5) is 15.7 Å². The highest BCUT2D eigenvalue weighted by Gasteiger charge is 2.28. The summed E-state index contributed by atoms with van der Waals surface area (Å²) in [5.41, 5.74) is 0.751. The van der Waals surface area contributed by atoms with Crippen LogP contribution in [0.25, 0.3) is 22.2 Å². The molecule has 0 spiro atoms. The van der Waals surface area contributed by atoms with Crippen molar-refractivity contribution >= 4 is 45.1 Å². The molecule has 0 bridgehead atoms. The topological polar surface area (TPSA) is 135 Å². The predicted molar refractivity (Wildman–Crippen MR) is 144 cm³/mol. The van der Waals surface area contributed by atoms with Crippen molar-refractivity contribution in [3.05, 3.63) is 46.9 Å². The van der Waals surface area contributed by atoms with Crippen molar-refractivity contribution < 1.29 is 18.8 Å². The Kier molecular flexibility index (Phi) is 6.74. The third-order valence-electron chi connectivity index (χ3n) is 5.96. The van der Waals surface area contributed by atoms with Gasteiger partial charge in [-0.1, -0.05) is 28.6 Å². The lowest BCUT2D eigenvalue weighted by molar-refractivity contribution is 0.00741. The zero-order valence-electron chi connectivity index (χ0n) is 21.9. The van der Waals surface area contributed by atoms with Gasteiger partial charge >= 0.3 is 12.0 Å². The van der Waals surface area contributed by atoms with Crippen molar-refractivity contribution in [2.75, 3.05) is 23.7 Å². The van der Waals surface area contributed by atoms with Crippen molar-refractivity contribution in [2.45, 2.75) is 52.7 Å². The number of likely N-dealkylation sites (tertiary alicyclic amines) is 1. The Morgan fingerprint density at radius 1 is 1.18 bits per heavy atom. The fourth-order valence-electron chi connectivity index (χ4n) is 4.23. The number of carbonyl (C=O) groups excluding carboxylic acids is 2. The summed E-state index contributed by atoms with van der Waals surface area (Å²) in [7, 11) is 0. The first-order valence-electron chi connectivity index (χ1n) is 12.3. The highest BCUT2D eigenvalue weighted by Crippen LogP contribution is 2.29. The second-order valence-electron chi connectivity index (χ2n) is 10.2. The number of urea groups is 1. The van der Waals surface area contributed by atoms with Crippen molar-refractivity contribution in [1.82, 2.24) is 25.0 Å². The molecule has 1 saturated heterocycles. The van der Waals surface area contributed by atoms with Crippen LogP contribution in [0.15, 0.2) is 35.0 Å². The number of thiazole rings is 1. The number of anilines is 2. The summed E-state index contributed by atoms with van der Waals surface area (Å²) in [5.74, 6) is 1.31. The smallest absolute Gasteiger partial charge is 0.350 e. The monoisotopic (exact) mass is 535 g/mol. The second kappa shape index (κ2) is 10.0. The van der Waals surface area contributed by atoms with Crippen LogP contribution < -0.4 is 10.6 Å². The number of benzene rings is 1. The van der Waals surface area contributed by atoms with Crippen LogP contribution in [0.2, 0.25) is 0 Å². The van der Waals surface area contributed by atoms with E-state index in [9.17, 15) is 9.59 Å². The van der Waals surface area contributed by atoms with Crippen molar-refractivity contribution in [2.24, 2.45) is 0 Å². The first-order valence-corrected chi connectivity index (χ1v) is 13.1. The second-order valence-corrected chi connectivity index (χ2v) is 11.2. The fraction of sp³-hybridized carbons (Fsp3) is 0.385. The van der Waals surface area contributed by atoms with Gasteiger partial charge in [0.25, 0.3) is 0 Å². The molecular weight excluding hydrogens is 506 g/mol. The highest BCUT2D eigenvalue weighted by molar-refractivity contribution is 7.17. The molecule has 4 heterocycles. The van der Waals surface area contributed by atoms with Gasteiger partial charge in [-0.2, -0.15) is 4.98 Å². The van der Waals surface area contributed by atoms with Crippen LogP contribution in [0.5, 0.6) is 0 Å². The number of amides is 2. The van der Waals surface area contributed by atoms with Crippen molar-refractivity contribution in [1.29, 1.82) is 0 Å². The van der Waals surface area contributed by atoms with Crippen molar-refractivity contribution in [3.63, 3.8) is 0 Å². The SMILES string of the molecule is Cc1nc(-c2ccc3ccnc(N[C@H]4CCN(C(=O)Nc5nc(C)c(C(=O)OC(C)(C)C)s5)C4)c3c2)no1. The number of hydrogen-bond acceptors (Lipinski definition) is 10. The molecule has 2 amide bonds. The van der Waals surface area contributed by atoms with E-state index < -0.39 is 11.6 Å². The Labute approximate surface area is 223 Å². The van der Waals surface area contributed by atoms with Crippen LogP contribution in [0.1, 0.15) is 48.4 Å². The first-order chi connectivity index (χ1) is 18.1. The van der Waals surface area contributed by atoms with Crippen LogP contribution in [-0.4, -0.2) is 61.7 Å². The van der Waals surface area contributed by atoms with Gasteiger partial charge in [-0.05, 0) is 51.6 Å². The molecule has 12 heteroatoms. The number of nitrogens with zero attached hydrogens (tertiary/aromatic N) is 5. The van der Waals surface area contributed by atoms with E-state index in [0.717, 1.165) is 39.9 Å². The van der Waals surface area contributed by atoms with E-state index in [4.69, 9.17) is 9.26 Å². The van der Waals surface area contributed by atoms with Crippen LogP contribution in [0.3, 0.4) is 0 Å². The molecular formula is C26H29N7O4S. The number of hydrogen-bond donors (Lipinski definition) is 2. The normalized spacial score (nSPS) is 15.6. The van der Waals surface area contributed by atoms with E-state index >= 15 is 0 Å². The lowest BCUT2D eigenvalue weighted by atomic mass is 10.1. The minimum Gasteiger partial charge on any atom is -0.456 e. The molecule has 0 aliphatic carbocycles. The van der Waals surface area contributed by atoms with Gasteiger partial charge in [0, 0.05) is 43.2 Å². The van der Waals surface area contributed by atoms with Gasteiger partial charge in [-0.25, -0.2) is 19.6 Å². The van der Waals surface area contributed by atoms with Gasteiger partial charge in [0.1, 0.15) is 16.3 Å². The van der Waals surface area contributed by atoms with E-state index in [-0.39, 0.29) is 12.1 Å². The fourth-order valence-corrected chi connectivity index (χ4v) is 5.06. The number of pyridine rings is 1. The van der Waals surface area contributed by atoms with E-state index in [1.165, 1.54) is 0 Å². The van der Waals surface area contributed by atoms with E-state index in [1.54, 1.807) is 24.9 Å². The summed E-state index contributed by atoms with van der Waals surface area (Å²) in [4.78, 5) is 40.7. The summed E-state index contributed by atoms with van der Waals surface area (Å²) in [6, 6.07) is 7.64. The Morgan fingerprint density at radius 2 is 2.00 bits per heavy atom. The molecule has 1 aliphatic rings. The molecule has 3 aromatic heterocycles. The van der Waals surface area contributed by atoms with Gasteiger partial charge in [-0.15, -0.1) is 0 Å². The van der Waals surface area contributed by atoms with Gasteiger partial charge in [0.15, 0.2) is 5.13 Å². The molecule has 1 fully saturated rings.